The molecule has 0 amide bonds. The lowest BCUT2D eigenvalue weighted by Crippen LogP contribution is -2.11. The fraction of sp³-hybridized carbons (Fsp3) is 0.455. The summed E-state index contributed by atoms with van der Waals surface area (Å²) in [4.78, 5) is 0. The van der Waals surface area contributed by atoms with E-state index in [0.717, 1.165) is 6.07 Å². The van der Waals surface area contributed by atoms with Crippen LogP contribution in [0.2, 0.25) is 0 Å². The summed E-state index contributed by atoms with van der Waals surface area (Å²) in [5.41, 5.74) is -0.470. The van der Waals surface area contributed by atoms with E-state index in [4.69, 9.17) is 9.47 Å². The Morgan fingerprint density at radius 2 is 2.00 bits per heavy atom. The summed E-state index contributed by atoms with van der Waals surface area (Å²) in [7, 11) is 0. The minimum absolute atomic E-state index is 0.0322. The van der Waals surface area contributed by atoms with Gasteiger partial charge in [-0.15, -0.1) is 0 Å². The van der Waals surface area contributed by atoms with Gasteiger partial charge >= 0.3 is 6.18 Å². The third-order valence-electron chi connectivity index (χ3n) is 2.29. The minimum atomic E-state index is -4.32. The minimum Gasteiger partial charge on any atom is -0.374 e. The molecule has 1 aliphatic heterocycles. The summed E-state index contributed by atoms with van der Waals surface area (Å²) < 4.78 is 47.8. The fourth-order valence-electron chi connectivity index (χ4n) is 1.39. The highest BCUT2D eigenvalue weighted by Gasteiger charge is 2.33. The second kappa shape index (κ2) is 4.43. The van der Waals surface area contributed by atoms with Crippen LogP contribution in [0.3, 0.4) is 0 Å². The van der Waals surface area contributed by atoms with Gasteiger partial charge in [0.25, 0.3) is 0 Å². The summed E-state index contributed by atoms with van der Waals surface area (Å²) in [6.45, 7) is 0.961. The number of hydrogen-bond donors (Lipinski definition) is 0. The van der Waals surface area contributed by atoms with Crippen molar-refractivity contribution in [3.05, 3.63) is 35.4 Å². The van der Waals surface area contributed by atoms with Crippen molar-refractivity contribution in [3.8, 4) is 0 Å². The first-order valence-corrected chi connectivity index (χ1v) is 4.92. The zero-order valence-corrected chi connectivity index (χ0v) is 8.46. The molecule has 1 unspecified atom stereocenters. The predicted octanol–water partition coefficient (Wildman–Crippen LogP) is 2.62. The van der Waals surface area contributed by atoms with Crippen molar-refractivity contribution < 1.29 is 22.6 Å². The molecule has 1 fully saturated rings. The van der Waals surface area contributed by atoms with Crippen LogP contribution in [-0.2, 0) is 22.3 Å². The van der Waals surface area contributed by atoms with Gasteiger partial charge < -0.3 is 9.47 Å². The first kappa shape index (κ1) is 11.4. The smallest absolute Gasteiger partial charge is 0.374 e. The zero-order chi connectivity index (χ0) is 11.6. The van der Waals surface area contributed by atoms with Crippen LogP contribution in [0.25, 0.3) is 0 Å². The molecule has 0 bridgehead atoms. The quantitative estimate of drug-likeness (QED) is 0.744. The molecule has 1 aromatic rings. The number of rotatable bonds is 4. The third kappa shape index (κ3) is 2.96. The Bertz CT molecular complexity index is 358. The maximum Gasteiger partial charge on any atom is 0.416 e. The van der Waals surface area contributed by atoms with Crippen LogP contribution in [0.1, 0.15) is 11.1 Å². The van der Waals surface area contributed by atoms with E-state index in [2.05, 4.69) is 0 Å². The molecule has 0 N–H and O–H groups in total. The number of benzene rings is 1. The van der Waals surface area contributed by atoms with E-state index in [1.54, 1.807) is 6.07 Å². The molecular formula is C11H11F3O2. The fourth-order valence-corrected chi connectivity index (χ4v) is 1.39. The van der Waals surface area contributed by atoms with Gasteiger partial charge in [0.15, 0.2) is 0 Å². The Balaban J connectivity index is 2.00. The summed E-state index contributed by atoms with van der Waals surface area (Å²) in [6.07, 6.45) is -4.26. The lowest BCUT2D eigenvalue weighted by atomic mass is 10.1. The van der Waals surface area contributed by atoms with E-state index in [1.807, 2.05) is 0 Å². The van der Waals surface area contributed by atoms with E-state index in [-0.39, 0.29) is 18.3 Å². The lowest BCUT2D eigenvalue weighted by molar-refractivity contribution is -0.138. The Kier molecular flexibility index (Phi) is 3.16. The standard InChI is InChI=1S/C11H11F3O2/c12-11(13,14)10-4-2-1-3-8(10)5-15-6-9-7-16-9/h1-4,9H,5-7H2. The van der Waals surface area contributed by atoms with Gasteiger partial charge in [0.2, 0.25) is 0 Å². The van der Waals surface area contributed by atoms with Crippen molar-refractivity contribution in [2.75, 3.05) is 13.2 Å². The number of hydrogen-bond acceptors (Lipinski definition) is 2. The molecule has 1 aromatic carbocycles. The average Bonchev–Trinajstić information content (AvgIpc) is 3.01. The highest BCUT2D eigenvalue weighted by molar-refractivity contribution is 5.28. The van der Waals surface area contributed by atoms with Crippen molar-refractivity contribution in [2.45, 2.75) is 18.9 Å². The molecule has 2 rings (SSSR count). The Labute approximate surface area is 91.0 Å². The number of halogens is 3. The SMILES string of the molecule is FC(F)(F)c1ccccc1COCC1CO1. The van der Waals surface area contributed by atoms with E-state index >= 15 is 0 Å². The number of alkyl halides is 3. The summed E-state index contributed by atoms with van der Waals surface area (Å²) in [5.74, 6) is 0. The average molecular weight is 232 g/mol. The highest BCUT2D eigenvalue weighted by Crippen LogP contribution is 2.32. The van der Waals surface area contributed by atoms with Crippen LogP contribution >= 0.6 is 0 Å². The summed E-state index contributed by atoms with van der Waals surface area (Å²) in [5, 5.41) is 0. The molecule has 1 saturated heterocycles. The molecule has 2 nitrogen and oxygen atoms in total. The van der Waals surface area contributed by atoms with E-state index in [1.165, 1.54) is 12.1 Å². The predicted molar refractivity (Wildman–Crippen MR) is 50.8 cm³/mol. The number of epoxide rings is 1. The maximum atomic E-state index is 12.6. The van der Waals surface area contributed by atoms with E-state index in [0.29, 0.717) is 13.2 Å². The summed E-state index contributed by atoms with van der Waals surface area (Å²) >= 11 is 0. The molecule has 0 radical (unpaired) electrons. The van der Waals surface area contributed by atoms with Crippen molar-refractivity contribution in [1.82, 2.24) is 0 Å². The maximum absolute atomic E-state index is 12.6. The largest absolute Gasteiger partial charge is 0.416 e. The van der Waals surface area contributed by atoms with E-state index < -0.39 is 11.7 Å². The second-order valence-electron chi connectivity index (χ2n) is 3.63. The third-order valence-corrected chi connectivity index (χ3v) is 2.29. The topological polar surface area (TPSA) is 21.8 Å². The highest BCUT2D eigenvalue weighted by atomic mass is 19.4. The van der Waals surface area contributed by atoms with Crippen molar-refractivity contribution >= 4 is 0 Å². The molecule has 0 aromatic heterocycles. The van der Waals surface area contributed by atoms with Gasteiger partial charge in [-0.3, -0.25) is 0 Å². The normalized spacial score (nSPS) is 19.8. The molecule has 0 spiro atoms. The monoisotopic (exact) mass is 232 g/mol. The van der Waals surface area contributed by atoms with Crippen LogP contribution in [0.15, 0.2) is 24.3 Å². The Hall–Kier alpha value is -1.07. The van der Waals surface area contributed by atoms with Gasteiger partial charge in [0.1, 0.15) is 6.10 Å². The molecule has 1 atom stereocenters. The van der Waals surface area contributed by atoms with Crippen LogP contribution in [0.5, 0.6) is 0 Å². The van der Waals surface area contributed by atoms with E-state index in [9.17, 15) is 13.2 Å². The molecule has 88 valence electrons. The van der Waals surface area contributed by atoms with Crippen molar-refractivity contribution in [2.24, 2.45) is 0 Å². The zero-order valence-electron chi connectivity index (χ0n) is 8.46. The molecule has 0 aliphatic carbocycles. The van der Waals surface area contributed by atoms with Gasteiger partial charge in [-0.05, 0) is 11.6 Å². The van der Waals surface area contributed by atoms with Crippen LogP contribution < -0.4 is 0 Å². The Morgan fingerprint density at radius 3 is 2.62 bits per heavy atom. The van der Waals surface area contributed by atoms with Crippen molar-refractivity contribution in [3.63, 3.8) is 0 Å². The molecule has 1 heterocycles. The first-order chi connectivity index (χ1) is 7.57. The molecule has 5 heteroatoms. The number of ether oxygens (including phenoxy) is 2. The van der Waals surface area contributed by atoms with Crippen LogP contribution in [0, 0.1) is 0 Å². The Morgan fingerprint density at radius 1 is 1.31 bits per heavy atom. The molecule has 0 saturated carbocycles. The van der Waals surface area contributed by atoms with Gasteiger partial charge in [-0.2, -0.15) is 13.2 Å². The van der Waals surface area contributed by atoms with Gasteiger partial charge in [-0.25, -0.2) is 0 Å². The lowest BCUT2D eigenvalue weighted by Gasteiger charge is -2.12. The second-order valence-corrected chi connectivity index (χ2v) is 3.63. The van der Waals surface area contributed by atoms with Crippen molar-refractivity contribution in [1.29, 1.82) is 0 Å². The van der Waals surface area contributed by atoms with Crippen LogP contribution in [-0.4, -0.2) is 19.3 Å². The van der Waals surface area contributed by atoms with Gasteiger partial charge in [0.05, 0.1) is 25.4 Å². The first-order valence-electron chi connectivity index (χ1n) is 4.92. The molecule has 16 heavy (non-hydrogen) atoms. The van der Waals surface area contributed by atoms with Gasteiger partial charge in [-0.1, -0.05) is 18.2 Å². The van der Waals surface area contributed by atoms with Gasteiger partial charge in [0, 0.05) is 0 Å². The molecular weight excluding hydrogens is 221 g/mol. The summed E-state index contributed by atoms with van der Waals surface area (Å²) in [6, 6.07) is 5.43. The molecule has 1 aliphatic rings. The van der Waals surface area contributed by atoms with Crippen LogP contribution in [0.4, 0.5) is 13.2 Å².